The lowest BCUT2D eigenvalue weighted by Gasteiger charge is -2.32. The molecule has 1 amide bonds. The largest absolute Gasteiger partial charge is 0.339 e. The van der Waals surface area contributed by atoms with Crippen molar-refractivity contribution in [2.45, 2.75) is 33.1 Å². The molecule has 0 saturated carbocycles. The Labute approximate surface area is 134 Å². The molecule has 3 nitrogen and oxygen atoms in total. The normalized spacial score (nSPS) is 15.7. The number of benzene rings is 1. The number of amides is 1. The Morgan fingerprint density at radius 2 is 1.95 bits per heavy atom. The second-order valence-corrected chi connectivity index (χ2v) is 5.95. The molecule has 0 bridgehead atoms. The van der Waals surface area contributed by atoms with Crippen LogP contribution in [0.1, 0.15) is 40.7 Å². The minimum atomic E-state index is 0. The Bertz CT molecular complexity index is 468. The van der Waals surface area contributed by atoms with Gasteiger partial charge >= 0.3 is 0 Å². The van der Waals surface area contributed by atoms with Gasteiger partial charge in [0.2, 0.25) is 0 Å². The van der Waals surface area contributed by atoms with E-state index in [1.807, 2.05) is 31.0 Å². The third-order valence-corrected chi connectivity index (χ3v) is 4.32. The van der Waals surface area contributed by atoms with E-state index in [1.165, 1.54) is 12.0 Å². The summed E-state index contributed by atoms with van der Waals surface area (Å²) >= 11 is 0. The van der Waals surface area contributed by atoms with Crippen LogP contribution in [0.4, 0.5) is 0 Å². The number of likely N-dealkylation sites (tertiary alicyclic amines) is 1. The van der Waals surface area contributed by atoms with Gasteiger partial charge in [-0.2, -0.15) is 0 Å². The summed E-state index contributed by atoms with van der Waals surface area (Å²) in [4.78, 5) is 14.6. The molecule has 0 atom stereocenters. The first-order valence-electron chi connectivity index (χ1n) is 7.63. The number of carbonyl (C=O) groups excluding carboxylic acids is 1. The number of hydrogen-bond donors (Lipinski definition) is 1. The quantitative estimate of drug-likeness (QED) is 0.926. The van der Waals surface area contributed by atoms with E-state index in [0.29, 0.717) is 0 Å². The summed E-state index contributed by atoms with van der Waals surface area (Å²) in [5.74, 6) is 0.972. The third-order valence-electron chi connectivity index (χ3n) is 4.32. The predicted octanol–water partition coefficient (Wildman–Crippen LogP) is 3.19. The summed E-state index contributed by atoms with van der Waals surface area (Å²) in [5.41, 5.74) is 3.17. The van der Waals surface area contributed by atoms with Crippen LogP contribution in [0.15, 0.2) is 18.2 Å². The van der Waals surface area contributed by atoms with E-state index >= 15 is 0 Å². The predicted molar refractivity (Wildman–Crippen MR) is 90.3 cm³/mol. The van der Waals surface area contributed by atoms with Crippen molar-refractivity contribution in [2.75, 3.05) is 26.7 Å². The first kappa shape index (κ1) is 18.0. The average molecular weight is 311 g/mol. The monoisotopic (exact) mass is 310 g/mol. The Hall–Kier alpha value is -1.06. The minimum Gasteiger partial charge on any atom is -0.339 e. The first-order chi connectivity index (χ1) is 9.61. The zero-order chi connectivity index (χ0) is 14.5. The highest BCUT2D eigenvalue weighted by Crippen LogP contribution is 2.22. The van der Waals surface area contributed by atoms with E-state index in [0.717, 1.165) is 49.5 Å². The smallest absolute Gasteiger partial charge is 0.254 e. The maximum atomic E-state index is 12.6. The molecule has 0 aliphatic carbocycles. The van der Waals surface area contributed by atoms with E-state index in [-0.39, 0.29) is 18.3 Å². The van der Waals surface area contributed by atoms with Crippen molar-refractivity contribution in [1.82, 2.24) is 10.2 Å². The lowest BCUT2D eigenvalue weighted by atomic mass is 9.93. The first-order valence-corrected chi connectivity index (χ1v) is 7.63. The van der Waals surface area contributed by atoms with E-state index in [9.17, 15) is 4.79 Å². The molecule has 2 rings (SSSR count). The molecule has 1 aliphatic heterocycles. The standard InChI is InChI=1S/C17H26N2O.ClH/c1-13-4-5-16(14(2)12-13)17(20)19-10-7-15(8-11-19)6-9-18-3;/h4-5,12,15,18H,6-11H2,1-3H3;1H. The second kappa shape index (κ2) is 8.40. The van der Waals surface area contributed by atoms with E-state index in [4.69, 9.17) is 0 Å². The van der Waals surface area contributed by atoms with Gasteiger partial charge in [-0.15, -0.1) is 12.4 Å². The minimum absolute atomic E-state index is 0. The van der Waals surface area contributed by atoms with Gasteiger partial charge in [0, 0.05) is 18.7 Å². The molecule has 1 fully saturated rings. The topological polar surface area (TPSA) is 32.3 Å². The number of piperidine rings is 1. The van der Waals surface area contributed by atoms with Crippen LogP contribution in [0, 0.1) is 19.8 Å². The summed E-state index contributed by atoms with van der Waals surface area (Å²) in [6.45, 7) is 6.98. The van der Waals surface area contributed by atoms with E-state index in [2.05, 4.69) is 18.3 Å². The van der Waals surface area contributed by atoms with Gasteiger partial charge in [0.25, 0.3) is 5.91 Å². The molecule has 4 heteroatoms. The lowest BCUT2D eigenvalue weighted by Crippen LogP contribution is -2.39. The molecule has 21 heavy (non-hydrogen) atoms. The third kappa shape index (κ3) is 4.72. The maximum Gasteiger partial charge on any atom is 0.254 e. The Morgan fingerprint density at radius 3 is 2.52 bits per heavy atom. The molecule has 1 aliphatic rings. The molecule has 118 valence electrons. The van der Waals surface area contributed by atoms with E-state index < -0.39 is 0 Å². The summed E-state index contributed by atoms with van der Waals surface area (Å²) in [6, 6.07) is 6.09. The van der Waals surface area contributed by atoms with Crippen molar-refractivity contribution in [3.63, 3.8) is 0 Å². The Morgan fingerprint density at radius 1 is 1.29 bits per heavy atom. The van der Waals surface area contributed by atoms with Crippen molar-refractivity contribution in [1.29, 1.82) is 0 Å². The molecular weight excluding hydrogens is 284 g/mol. The highest BCUT2D eigenvalue weighted by molar-refractivity contribution is 5.95. The summed E-state index contributed by atoms with van der Waals surface area (Å²) in [6.07, 6.45) is 3.50. The lowest BCUT2D eigenvalue weighted by molar-refractivity contribution is 0.0686. The number of hydrogen-bond acceptors (Lipinski definition) is 2. The number of aryl methyl sites for hydroxylation is 2. The van der Waals surface area contributed by atoms with Crippen LogP contribution in [0.3, 0.4) is 0 Å². The highest BCUT2D eigenvalue weighted by Gasteiger charge is 2.24. The molecule has 1 aromatic carbocycles. The van der Waals surface area contributed by atoms with E-state index in [1.54, 1.807) is 0 Å². The van der Waals surface area contributed by atoms with Crippen molar-refractivity contribution in [3.8, 4) is 0 Å². The second-order valence-electron chi connectivity index (χ2n) is 5.95. The van der Waals surface area contributed by atoms with Crippen LogP contribution in [0.25, 0.3) is 0 Å². The van der Waals surface area contributed by atoms with Crippen molar-refractivity contribution < 1.29 is 4.79 Å². The molecule has 1 aromatic rings. The molecule has 1 saturated heterocycles. The molecule has 0 aromatic heterocycles. The average Bonchev–Trinajstić information content (AvgIpc) is 2.45. The van der Waals surface area contributed by atoms with Crippen molar-refractivity contribution in [2.24, 2.45) is 5.92 Å². The fourth-order valence-corrected chi connectivity index (χ4v) is 3.00. The number of rotatable bonds is 4. The molecular formula is C17H27ClN2O. The van der Waals surface area contributed by atoms with Gasteiger partial charge in [-0.3, -0.25) is 4.79 Å². The SMILES string of the molecule is CNCCC1CCN(C(=O)c2ccc(C)cc2C)CC1.Cl. The van der Waals surface area contributed by atoms with Crippen LogP contribution in [-0.4, -0.2) is 37.5 Å². The summed E-state index contributed by atoms with van der Waals surface area (Å²) in [7, 11) is 2.00. The Balaban J connectivity index is 0.00000220. The summed E-state index contributed by atoms with van der Waals surface area (Å²) < 4.78 is 0. The summed E-state index contributed by atoms with van der Waals surface area (Å²) in [5, 5.41) is 3.21. The molecule has 1 heterocycles. The zero-order valence-corrected chi connectivity index (χ0v) is 14.1. The van der Waals surface area contributed by atoms with Gasteiger partial charge in [0.1, 0.15) is 0 Å². The molecule has 1 N–H and O–H groups in total. The number of halogens is 1. The van der Waals surface area contributed by atoms with Crippen LogP contribution < -0.4 is 5.32 Å². The van der Waals surface area contributed by atoms with Gasteiger partial charge in [-0.25, -0.2) is 0 Å². The van der Waals surface area contributed by atoms with Gasteiger partial charge in [0.05, 0.1) is 0 Å². The zero-order valence-electron chi connectivity index (χ0n) is 13.3. The fourth-order valence-electron chi connectivity index (χ4n) is 3.00. The maximum absolute atomic E-state index is 12.6. The molecule has 0 unspecified atom stereocenters. The number of carbonyl (C=O) groups is 1. The van der Waals surface area contributed by atoms with Gasteiger partial charge in [-0.05, 0) is 64.3 Å². The van der Waals surface area contributed by atoms with Crippen molar-refractivity contribution in [3.05, 3.63) is 34.9 Å². The van der Waals surface area contributed by atoms with Crippen LogP contribution in [0.5, 0.6) is 0 Å². The van der Waals surface area contributed by atoms with Gasteiger partial charge < -0.3 is 10.2 Å². The fraction of sp³-hybridized carbons (Fsp3) is 0.588. The van der Waals surface area contributed by atoms with Crippen molar-refractivity contribution >= 4 is 18.3 Å². The van der Waals surface area contributed by atoms with Crippen LogP contribution in [-0.2, 0) is 0 Å². The van der Waals surface area contributed by atoms with Gasteiger partial charge in [0.15, 0.2) is 0 Å². The van der Waals surface area contributed by atoms with Crippen LogP contribution >= 0.6 is 12.4 Å². The highest BCUT2D eigenvalue weighted by atomic mass is 35.5. The molecule has 0 radical (unpaired) electrons. The van der Waals surface area contributed by atoms with Gasteiger partial charge in [-0.1, -0.05) is 17.7 Å². The van der Waals surface area contributed by atoms with Crippen LogP contribution in [0.2, 0.25) is 0 Å². The Kier molecular flexibility index (Phi) is 7.20. The number of nitrogens with zero attached hydrogens (tertiary/aromatic N) is 1. The molecule has 0 spiro atoms. The number of nitrogens with one attached hydrogen (secondary N) is 1.